The maximum absolute atomic E-state index is 12.0. The Bertz CT molecular complexity index is 567. The molecular weight excluding hydrogens is 276 g/mol. The number of nitrogens with one attached hydrogen (secondary N) is 1. The van der Waals surface area contributed by atoms with Crippen LogP contribution in [0.2, 0.25) is 0 Å². The summed E-state index contributed by atoms with van der Waals surface area (Å²) in [6, 6.07) is 6.77. The maximum Gasteiger partial charge on any atom is 0.240 e. The van der Waals surface area contributed by atoms with Crippen LogP contribution in [0, 0.1) is 0 Å². The lowest BCUT2D eigenvalue weighted by molar-refractivity contribution is 0.191. The Morgan fingerprint density at radius 2 is 1.80 bits per heavy atom. The quantitative estimate of drug-likeness (QED) is 0.860. The van der Waals surface area contributed by atoms with E-state index < -0.39 is 10.0 Å². The average Bonchev–Trinajstić information content (AvgIpc) is 3.12. The van der Waals surface area contributed by atoms with Gasteiger partial charge in [-0.2, -0.15) is 0 Å². The van der Waals surface area contributed by atoms with Gasteiger partial charge < -0.3 is 10.5 Å². The third-order valence-corrected chi connectivity index (χ3v) is 5.36. The number of hydrogen-bond donors (Lipinski definition) is 2. The van der Waals surface area contributed by atoms with Crippen LogP contribution in [0.3, 0.4) is 0 Å². The van der Waals surface area contributed by atoms with Gasteiger partial charge in [-0.1, -0.05) is 0 Å². The molecule has 0 radical (unpaired) electrons. The first kappa shape index (κ1) is 13.9. The van der Waals surface area contributed by atoms with Gasteiger partial charge in [0, 0.05) is 12.1 Å². The minimum atomic E-state index is -3.38. The van der Waals surface area contributed by atoms with Crippen molar-refractivity contribution in [1.82, 2.24) is 4.72 Å². The Kier molecular flexibility index (Phi) is 3.70. The third kappa shape index (κ3) is 3.13. The summed E-state index contributed by atoms with van der Waals surface area (Å²) < 4.78 is 32.5. The summed E-state index contributed by atoms with van der Waals surface area (Å²) in [5.41, 5.74) is 5.96. The zero-order valence-electron chi connectivity index (χ0n) is 11.3. The van der Waals surface area contributed by atoms with Crippen molar-refractivity contribution >= 4 is 10.0 Å². The summed E-state index contributed by atoms with van der Waals surface area (Å²) in [6.07, 6.45) is 4.94. The Balaban J connectivity index is 1.67. The molecule has 0 aromatic heterocycles. The molecule has 2 atom stereocenters. The second-order valence-electron chi connectivity index (χ2n) is 5.62. The molecule has 1 aromatic carbocycles. The van der Waals surface area contributed by atoms with Crippen molar-refractivity contribution in [2.24, 2.45) is 5.73 Å². The predicted molar refractivity (Wildman–Crippen MR) is 76.0 cm³/mol. The lowest BCUT2D eigenvalue weighted by atomic mass is 10.2. The van der Waals surface area contributed by atoms with E-state index in [9.17, 15) is 8.42 Å². The van der Waals surface area contributed by atoms with Crippen LogP contribution in [0.15, 0.2) is 29.2 Å². The molecule has 0 spiro atoms. The molecule has 0 bridgehead atoms. The van der Waals surface area contributed by atoms with Crippen molar-refractivity contribution in [3.63, 3.8) is 0 Å². The van der Waals surface area contributed by atoms with E-state index in [2.05, 4.69) is 4.72 Å². The Morgan fingerprint density at radius 3 is 2.35 bits per heavy atom. The summed E-state index contributed by atoms with van der Waals surface area (Å²) in [6.45, 7) is 0. The fourth-order valence-corrected chi connectivity index (χ4v) is 3.77. The molecule has 110 valence electrons. The van der Waals surface area contributed by atoms with Gasteiger partial charge in [-0.3, -0.25) is 0 Å². The molecule has 3 rings (SSSR count). The molecule has 2 aliphatic carbocycles. The molecule has 6 heteroatoms. The standard InChI is InChI=1S/C14H20N2O3S/c15-13-2-1-3-14(13)19-11-6-8-12(9-7-11)20(17,18)16-10-4-5-10/h6-10,13-14,16H,1-5,15H2. The van der Waals surface area contributed by atoms with E-state index in [1.54, 1.807) is 24.3 Å². The Hall–Kier alpha value is -1.11. The zero-order chi connectivity index (χ0) is 14.2. The van der Waals surface area contributed by atoms with Crippen LogP contribution < -0.4 is 15.2 Å². The highest BCUT2D eigenvalue weighted by molar-refractivity contribution is 7.89. The first-order valence-corrected chi connectivity index (χ1v) is 8.57. The smallest absolute Gasteiger partial charge is 0.240 e. The van der Waals surface area contributed by atoms with Crippen molar-refractivity contribution in [1.29, 1.82) is 0 Å². The molecule has 0 aliphatic heterocycles. The number of nitrogens with two attached hydrogens (primary N) is 1. The predicted octanol–water partition coefficient (Wildman–Crippen LogP) is 1.39. The Labute approximate surface area is 119 Å². The largest absolute Gasteiger partial charge is 0.489 e. The van der Waals surface area contributed by atoms with E-state index in [0.29, 0.717) is 5.75 Å². The van der Waals surface area contributed by atoms with Gasteiger partial charge in [-0.25, -0.2) is 13.1 Å². The van der Waals surface area contributed by atoms with Crippen LogP contribution in [0.25, 0.3) is 0 Å². The summed E-state index contributed by atoms with van der Waals surface area (Å²) in [5.74, 6) is 0.678. The highest BCUT2D eigenvalue weighted by atomic mass is 32.2. The number of hydrogen-bond acceptors (Lipinski definition) is 4. The van der Waals surface area contributed by atoms with Crippen LogP contribution in [-0.2, 0) is 10.0 Å². The first-order chi connectivity index (χ1) is 9.54. The highest BCUT2D eigenvalue weighted by Crippen LogP contribution is 2.26. The van der Waals surface area contributed by atoms with Crippen molar-refractivity contribution in [3.05, 3.63) is 24.3 Å². The van der Waals surface area contributed by atoms with E-state index in [0.717, 1.165) is 32.1 Å². The highest BCUT2D eigenvalue weighted by Gasteiger charge is 2.28. The SMILES string of the molecule is NC1CCCC1Oc1ccc(S(=O)(=O)NC2CC2)cc1. The third-order valence-electron chi connectivity index (χ3n) is 3.82. The maximum atomic E-state index is 12.0. The van der Waals surface area contributed by atoms with Gasteiger partial charge >= 0.3 is 0 Å². The average molecular weight is 296 g/mol. The molecule has 0 saturated heterocycles. The summed E-state index contributed by atoms with van der Waals surface area (Å²) in [4.78, 5) is 0.285. The van der Waals surface area contributed by atoms with Crippen LogP contribution in [0.5, 0.6) is 5.75 Å². The fourth-order valence-electron chi connectivity index (χ4n) is 2.46. The first-order valence-electron chi connectivity index (χ1n) is 7.09. The minimum absolute atomic E-state index is 0.0436. The molecular formula is C14H20N2O3S. The Morgan fingerprint density at radius 1 is 1.10 bits per heavy atom. The number of rotatable bonds is 5. The molecule has 5 nitrogen and oxygen atoms in total. The van der Waals surface area contributed by atoms with E-state index in [1.807, 2.05) is 0 Å². The van der Waals surface area contributed by atoms with Gasteiger partial charge in [0.15, 0.2) is 0 Å². The van der Waals surface area contributed by atoms with Gasteiger partial charge in [0.2, 0.25) is 10.0 Å². The molecule has 0 amide bonds. The zero-order valence-corrected chi connectivity index (χ0v) is 12.1. The van der Waals surface area contributed by atoms with Gasteiger partial charge in [-0.15, -0.1) is 0 Å². The second kappa shape index (κ2) is 5.35. The lowest BCUT2D eigenvalue weighted by Crippen LogP contribution is -2.33. The van der Waals surface area contributed by atoms with Crippen molar-refractivity contribution in [2.75, 3.05) is 0 Å². The second-order valence-corrected chi connectivity index (χ2v) is 7.33. The summed E-state index contributed by atoms with van der Waals surface area (Å²) in [7, 11) is -3.38. The number of sulfonamides is 1. The van der Waals surface area contributed by atoms with E-state index in [1.165, 1.54) is 0 Å². The molecule has 2 unspecified atom stereocenters. The van der Waals surface area contributed by atoms with E-state index in [4.69, 9.17) is 10.5 Å². The van der Waals surface area contributed by atoms with Gasteiger partial charge in [-0.05, 0) is 56.4 Å². The molecule has 20 heavy (non-hydrogen) atoms. The van der Waals surface area contributed by atoms with Crippen LogP contribution in [0.4, 0.5) is 0 Å². The van der Waals surface area contributed by atoms with E-state index in [-0.39, 0.29) is 23.1 Å². The molecule has 2 fully saturated rings. The normalized spacial score (nSPS) is 26.6. The molecule has 2 aliphatic rings. The van der Waals surface area contributed by atoms with Crippen LogP contribution >= 0.6 is 0 Å². The van der Waals surface area contributed by atoms with Crippen LogP contribution in [0.1, 0.15) is 32.1 Å². The van der Waals surface area contributed by atoms with Gasteiger partial charge in [0.05, 0.1) is 4.90 Å². The fraction of sp³-hybridized carbons (Fsp3) is 0.571. The molecule has 0 heterocycles. The van der Waals surface area contributed by atoms with Gasteiger partial charge in [0.1, 0.15) is 11.9 Å². The van der Waals surface area contributed by atoms with Crippen LogP contribution in [-0.4, -0.2) is 26.6 Å². The lowest BCUT2D eigenvalue weighted by Gasteiger charge is -2.18. The summed E-state index contributed by atoms with van der Waals surface area (Å²) in [5, 5.41) is 0. The topological polar surface area (TPSA) is 81.4 Å². The number of benzene rings is 1. The number of ether oxygens (including phenoxy) is 1. The molecule has 1 aromatic rings. The minimum Gasteiger partial charge on any atom is -0.489 e. The molecule has 2 saturated carbocycles. The summed E-state index contributed by atoms with van der Waals surface area (Å²) >= 11 is 0. The van der Waals surface area contributed by atoms with E-state index >= 15 is 0 Å². The van der Waals surface area contributed by atoms with Crippen molar-refractivity contribution in [2.45, 2.75) is 55.2 Å². The van der Waals surface area contributed by atoms with Gasteiger partial charge in [0.25, 0.3) is 0 Å². The monoisotopic (exact) mass is 296 g/mol. The molecule has 3 N–H and O–H groups in total. The van der Waals surface area contributed by atoms with Crippen molar-refractivity contribution in [3.8, 4) is 5.75 Å². The van der Waals surface area contributed by atoms with Crippen molar-refractivity contribution < 1.29 is 13.2 Å².